The maximum absolute atomic E-state index is 14.2. The molecule has 1 aromatic heterocycles. The Morgan fingerprint density at radius 3 is 2.49 bits per heavy atom. The van der Waals surface area contributed by atoms with Gasteiger partial charge in [0.15, 0.2) is 23.3 Å². The second-order valence-electron chi connectivity index (χ2n) is 9.61. The molecule has 0 spiro atoms. The highest BCUT2D eigenvalue weighted by molar-refractivity contribution is 9.10. The van der Waals surface area contributed by atoms with Crippen LogP contribution in [0.2, 0.25) is 0 Å². The number of aliphatic carboxylic acids is 1. The van der Waals surface area contributed by atoms with Crippen LogP contribution in [0.25, 0.3) is 10.4 Å². The van der Waals surface area contributed by atoms with E-state index in [1.54, 1.807) is 29.2 Å². The van der Waals surface area contributed by atoms with Crippen LogP contribution in [0.4, 0.5) is 5.69 Å². The third-order valence-electron chi connectivity index (χ3n) is 7.00. The van der Waals surface area contributed by atoms with E-state index in [0.29, 0.717) is 27.2 Å². The largest absolute Gasteiger partial charge is 0.480 e. The molecule has 4 rings (SSSR count). The van der Waals surface area contributed by atoms with E-state index in [1.165, 1.54) is 0 Å². The monoisotopic (exact) mass is 644 g/mol. The van der Waals surface area contributed by atoms with Gasteiger partial charge in [-0.25, -0.2) is 9.59 Å². The van der Waals surface area contributed by atoms with E-state index in [1.807, 2.05) is 31.2 Å². The van der Waals surface area contributed by atoms with Gasteiger partial charge in [0, 0.05) is 18.2 Å². The molecular weight excluding hydrogens is 612 g/mol. The SMILES string of the molecule is CCc1ccccc1N(CC)C(=O)C(Oc1cccc(-c2sc(C(=O)O)c(OCC(=O)O)c2Br)c1)C1CCNCC1. The zero-order valence-electron chi connectivity index (χ0n) is 22.9. The average molecular weight is 646 g/mol. The molecule has 2 aromatic carbocycles. The lowest BCUT2D eigenvalue weighted by Crippen LogP contribution is -2.48. The number of carboxylic acids is 2. The van der Waals surface area contributed by atoms with Crippen LogP contribution in [-0.2, 0) is 16.0 Å². The Bertz CT molecular complexity index is 1400. The van der Waals surface area contributed by atoms with Crippen LogP contribution < -0.4 is 19.7 Å². The molecule has 3 aromatic rings. The van der Waals surface area contributed by atoms with Gasteiger partial charge in [-0.2, -0.15) is 0 Å². The molecule has 0 bridgehead atoms. The van der Waals surface area contributed by atoms with E-state index in [4.69, 9.17) is 14.6 Å². The summed E-state index contributed by atoms with van der Waals surface area (Å²) in [6.45, 7) is 5.46. The highest BCUT2D eigenvalue weighted by atomic mass is 79.9. The summed E-state index contributed by atoms with van der Waals surface area (Å²) in [6, 6.07) is 15.0. The van der Waals surface area contributed by atoms with E-state index in [-0.39, 0.29) is 22.5 Å². The number of anilines is 1. The van der Waals surface area contributed by atoms with Crippen LogP contribution >= 0.6 is 27.3 Å². The van der Waals surface area contributed by atoms with Crippen molar-refractivity contribution in [3.63, 3.8) is 0 Å². The third-order valence-corrected chi connectivity index (χ3v) is 9.23. The Balaban J connectivity index is 1.68. The molecule has 218 valence electrons. The van der Waals surface area contributed by atoms with Crippen molar-refractivity contribution in [1.29, 1.82) is 0 Å². The Morgan fingerprint density at radius 2 is 1.83 bits per heavy atom. The predicted octanol–water partition coefficient (Wildman–Crippen LogP) is 5.70. The summed E-state index contributed by atoms with van der Waals surface area (Å²) >= 11 is 4.37. The Morgan fingerprint density at radius 1 is 1.10 bits per heavy atom. The summed E-state index contributed by atoms with van der Waals surface area (Å²) in [7, 11) is 0. The maximum Gasteiger partial charge on any atom is 0.349 e. The number of para-hydroxylation sites is 1. The number of likely N-dealkylation sites (N-methyl/N-ethyl adjacent to an activating group) is 1. The summed E-state index contributed by atoms with van der Waals surface area (Å²) < 4.78 is 12.1. The van der Waals surface area contributed by atoms with Crippen LogP contribution in [0.1, 0.15) is 41.9 Å². The molecule has 1 atom stereocenters. The lowest BCUT2D eigenvalue weighted by atomic mass is 9.90. The number of hydrogen-bond donors (Lipinski definition) is 3. The molecule has 1 aliphatic heterocycles. The Labute approximate surface area is 251 Å². The number of nitrogens with zero attached hydrogens (tertiary/aromatic N) is 1. The quantitative estimate of drug-likeness (QED) is 0.229. The number of thiophene rings is 1. The number of nitrogens with one attached hydrogen (secondary N) is 1. The Kier molecular flexibility index (Phi) is 10.4. The molecule has 1 amide bonds. The van der Waals surface area contributed by atoms with Crippen molar-refractivity contribution in [1.82, 2.24) is 5.32 Å². The number of amides is 1. The standard InChI is InChI=1S/C30H33BrN2O7S/c1-3-18-8-5-6-11-22(18)33(4-2)29(36)25(19-12-14-32-15-13-19)40-21-10-7-9-20(16-21)27-24(31)26(39-17-23(34)35)28(41-27)30(37)38/h5-11,16,19,25,32H,3-4,12-15,17H2,1-2H3,(H,34,35)(H,37,38). The van der Waals surface area contributed by atoms with Gasteiger partial charge < -0.3 is 29.9 Å². The second-order valence-corrected chi connectivity index (χ2v) is 11.4. The van der Waals surface area contributed by atoms with Crippen LogP contribution in [0.3, 0.4) is 0 Å². The zero-order valence-corrected chi connectivity index (χ0v) is 25.3. The van der Waals surface area contributed by atoms with Gasteiger partial charge in [0.05, 0.1) is 9.35 Å². The molecule has 1 fully saturated rings. The van der Waals surface area contributed by atoms with Crippen molar-refractivity contribution in [2.75, 3.05) is 31.1 Å². The van der Waals surface area contributed by atoms with Crippen LogP contribution in [-0.4, -0.2) is 60.4 Å². The minimum Gasteiger partial charge on any atom is -0.480 e. The number of carbonyl (C=O) groups is 3. The van der Waals surface area contributed by atoms with E-state index in [0.717, 1.165) is 54.9 Å². The molecule has 3 N–H and O–H groups in total. The van der Waals surface area contributed by atoms with Gasteiger partial charge in [-0.1, -0.05) is 37.3 Å². The summed E-state index contributed by atoms with van der Waals surface area (Å²) in [5, 5.41) is 22.1. The fraction of sp³-hybridized carbons (Fsp3) is 0.367. The van der Waals surface area contributed by atoms with Gasteiger partial charge in [-0.15, -0.1) is 11.3 Å². The number of aromatic carboxylic acids is 1. The molecule has 2 heterocycles. The fourth-order valence-electron chi connectivity index (χ4n) is 5.01. The fourth-order valence-corrected chi connectivity index (χ4v) is 6.90. The first-order chi connectivity index (χ1) is 19.7. The summed E-state index contributed by atoms with van der Waals surface area (Å²) in [5.41, 5.74) is 2.62. The van der Waals surface area contributed by atoms with Crippen molar-refractivity contribution in [3.05, 3.63) is 63.4 Å². The van der Waals surface area contributed by atoms with Crippen molar-refractivity contribution >= 4 is 50.8 Å². The molecule has 1 saturated heterocycles. The predicted molar refractivity (Wildman–Crippen MR) is 161 cm³/mol. The van der Waals surface area contributed by atoms with E-state index < -0.39 is 24.6 Å². The van der Waals surface area contributed by atoms with Crippen LogP contribution in [0.15, 0.2) is 53.0 Å². The smallest absolute Gasteiger partial charge is 0.349 e. The molecule has 1 unspecified atom stereocenters. The molecule has 0 radical (unpaired) electrons. The zero-order chi connectivity index (χ0) is 29.5. The van der Waals surface area contributed by atoms with Gasteiger partial charge in [-0.05, 0) is 84.5 Å². The first kappa shape index (κ1) is 30.5. The highest BCUT2D eigenvalue weighted by Crippen LogP contribution is 2.46. The number of hydrogen-bond acceptors (Lipinski definition) is 7. The number of carboxylic acid groups (broad SMARTS) is 2. The number of aryl methyl sites for hydroxylation is 1. The minimum atomic E-state index is -1.22. The van der Waals surface area contributed by atoms with E-state index in [9.17, 15) is 19.5 Å². The topological polar surface area (TPSA) is 125 Å². The lowest BCUT2D eigenvalue weighted by molar-refractivity contribution is -0.139. The number of carbonyl (C=O) groups excluding carboxylic acids is 1. The van der Waals surface area contributed by atoms with Crippen LogP contribution in [0.5, 0.6) is 11.5 Å². The third kappa shape index (κ3) is 7.09. The van der Waals surface area contributed by atoms with Gasteiger partial charge in [0.25, 0.3) is 5.91 Å². The number of benzene rings is 2. The minimum absolute atomic E-state index is 0.0124. The Hall–Kier alpha value is -3.41. The van der Waals surface area contributed by atoms with Crippen LogP contribution in [0, 0.1) is 5.92 Å². The van der Waals surface area contributed by atoms with Gasteiger partial charge in [0.1, 0.15) is 5.75 Å². The first-order valence-electron chi connectivity index (χ1n) is 13.5. The average Bonchev–Trinajstić information content (AvgIpc) is 3.32. The molecule has 1 aliphatic rings. The summed E-state index contributed by atoms with van der Waals surface area (Å²) in [6.07, 6.45) is 1.68. The number of rotatable bonds is 12. The van der Waals surface area contributed by atoms with Gasteiger partial charge in [0.2, 0.25) is 0 Å². The van der Waals surface area contributed by atoms with Crippen molar-refractivity contribution in [2.45, 2.75) is 39.2 Å². The molecule has 11 heteroatoms. The number of ether oxygens (including phenoxy) is 2. The van der Waals surface area contributed by atoms with Gasteiger partial charge >= 0.3 is 11.9 Å². The molecule has 9 nitrogen and oxygen atoms in total. The lowest BCUT2D eigenvalue weighted by Gasteiger charge is -2.34. The van der Waals surface area contributed by atoms with E-state index >= 15 is 0 Å². The second kappa shape index (κ2) is 14.0. The molecule has 0 aliphatic carbocycles. The van der Waals surface area contributed by atoms with Crippen molar-refractivity contribution < 1.29 is 34.1 Å². The van der Waals surface area contributed by atoms with Crippen molar-refractivity contribution in [2.24, 2.45) is 5.92 Å². The number of piperidine rings is 1. The van der Waals surface area contributed by atoms with Gasteiger partial charge in [-0.3, -0.25) is 4.79 Å². The number of halogens is 1. The maximum atomic E-state index is 14.2. The first-order valence-corrected chi connectivity index (χ1v) is 15.1. The van der Waals surface area contributed by atoms with Crippen molar-refractivity contribution in [3.8, 4) is 21.9 Å². The summed E-state index contributed by atoms with van der Waals surface area (Å²) in [4.78, 5) is 39.3. The summed E-state index contributed by atoms with van der Waals surface area (Å²) in [5.74, 6) is -2.09. The molecule has 41 heavy (non-hydrogen) atoms. The molecule has 0 saturated carbocycles. The van der Waals surface area contributed by atoms with E-state index in [2.05, 4.69) is 28.2 Å². The molecular formula is C30H33BrN2O7S. The highest BCUT2D eigenvalue weighted by Gasteiger charge is 2.35. The normalized spacial score (nSPS) is 14.3.